The molecule has 1 saturated heterocycles. The maximum atomic E-state index is 13.3. The van der Waals surface area contributed by atoms with Crippen LogP contribution in [-0.4, -0.2) is 43.3 Å². The van der Waals surface area contributed by atoms with Gasteiger partial charge in [0.05, 0.1) is 10.1 Å². The first-order valence-corrected chi connectivity index (χ1v) is 12.0. The number of amides is 2. The van der Waals surface area contributed by atoms with Gasteiger partial charge < -0.3 is 4.57 Å². The lowest BCUT2D eigenvalue weighted by Crippen LogP contribution is -2.41. The van der Waals surface area contributed by atoms with Crippen molar-refractivity contribution >= 4 is 46.5 Å². The second-order valence-electron chi connectivity index (χ2n) is 6.93. The zero-order chi connectivity index (χ0) is 21.1. The van der Waals surface area contributed by atoms with Gasteiger partial charge in [-0.1, -0.05) is 35.9 Å². The van der Waals surface area contributed by atoms with E-state index in [2.05, 4.69) is 10.2 Å². The van der Waals surface area contributed by atoms with Gasteiger partial charge >= 0.3 is 0 Å². The zero-order valence-electron chi connectivity index (χ0n) is 16.5. The quantitative estimate of drug-likeness (QED) is 0.501. The molecule has 6 nitrogen and oxygen atoms in total. The molecule has 4 rings (SSSR count). The molecule has 2 aromatic heterocycles. The summed E-state index contributed by atoms with van der Waals surface area (Å²) < 4.78 is 2.03. The molecular formula is C21H21ClN4O2S2. The molecule has 3 heterocycles. The number of likely N-dealkylation sites (tertiary alicyclic amines) is 1. The van der Waals surface area contributed by atoms with Crippen molar-refractivity contribution in [2.45, 2.75) is 43.1 Å². The van der Waals surface area contributed by atoms with E-state index in [1.165, 1.54) is 16.7 Å². The number of halogens is 1. The Kier molecular flexibility index (Phi) is 6.55. The molecule has 1 fully saturated rings. The van der Waals surface area contributed by atoms with Gasteiger partial charge in [0.25, 0.3) is 5.91 Å². The van der Waals surface area contributed by atoms with Crippen LogP contribution in [0.5, 0.6) is 0 Å². The molecule has 1 aliphatic rings. The lowest BCUT2D eigenvalue weighted by atomic mass is 10.2. The fourth-order valence-corrected chi connectivity index (χ4v) is 5.48. The molecule has 156 valence electrons. The molecule has 3 aromatic rings. The van der Waals surface area contributed by atoms with Crippen LogP contribution >= 0.6 is 34.7 Å². The van der Waals surface area contributed by atoms with E-state index < -0.39 is 0 Å². The highest BCUT2D eigenvalue weighted by atomic mass is 35.5. The number of rotatable bonds is 5. The lowest BCUT2D eigenvalue weighted by Gasteiger charge is -2.22. The number of nitrogens with zero attached hydrogens (tertiary/aromatic N) is 4. The molecule has 1 aromatic carbocycles. The van der Waals surface area contributed by atoms with Crippen molar-refractivity contribution in [2.24, 2.45) is 0 Å². The van der Waals surface area contributed by atoms with Gasteiger partial charge in [0.15, 0.2) is 11.0 Å². The summed E-state index contributed by atoms with van der Waals surface area (Å²) in [5.41, 5.74) is 0.468. The Labute approximate surface area is 188 Å². The Morgan fingerprint density at radius 1 is 1.23 bits per heavy atom. The summed E-state index contributed by atoms with van der Waals surface area (Å²) in [6.07, 6.45) is 2.38. The normalized spacial score (nSPS) is 17.2. The first kappa shape index (κ1) is 21.1. The predicted molar refractivity (Wildman–Crippen MR) is 120 cm³/mol. The summed E-state index contributed by atoms with van der Waals surface area (Å²) in [5.74, 6) is 0.367. The highest BCUT2D eigenvalue weighted by molar-refractivity contribution is 8.00. The minimum atomic E-state index is -0.366. The van der Waals surface area contributed by atoms with E-state index in [0.29, 0.717) is 35.3 Å². The third kappa shape index (κ3) is 4.31. The van der Waals surface area contributed by atoms with Crippen molar-refractivity contribution in [3.05, 3.63) is 52.4 Å². The fraction of sp³-hybridized carbons (Fsp3) is 0.333. The van der Waals surface area contributed by atoms with Crippen molar-refractivity contribution in [3.8, 4) is 10.7 Å². The monoisotopic (exact) mass is 460 g/mol. The summed E-state index contributed by atoms with van der Waals surface area (Å²) >= 11 is 8.94. The Hall–Kier alpha value is -2.16. The summed E-state index contributed by atoms with van der Waals surface area (Å²) in [5, 5.41) is 11.6. The lowest BCUT2D eigenvalue weighted by molar-refractivity contribution is -0.127. The molecule has 30 heavy (non-hydrogen) atoms. The number of carbonyl (C=O) groups excluding carboxylic acids is 2. The van der Waals surface area contributed by atoms with E-state index in [1.807, 2.05) is 29.0 Å². The molecule has 9 heteroatoms. The maximum absolute atomic E-state index is 13.3. The van der Waals surface area contributed by atoms with Crippen LogP contribution in [0.1, 0.15) is 36.5 Å². The topological polar surface area (TPSA) is 68.1 Å². The number of benzene rings is 1. The minimum Gasteiger partial charge on any atom is -0.302 e. The Morgan fingerprint density at radius 3 is 2.73 bits per heavy atom. The standard InChI is InChI=1S/C21H21ClN4O2S2/c1-2-25-18(16-7-5-13-29-16)23-24-21(25)30-17-6-3-4-12-26(20(17)28)19(27)14-8-10-15(22)11-9-14/h5,7-11,13,17H,2-4,6,12H2,1H3. The number of hydrogen-bond donors (Lipinski definition) is 0. The number of thioether (sulfide) groups is 1. The average molecular weight is 461 g/mol. The van der Waals surface area contributed by atoms with Crippen LogP contribution in [0.15, 0.2) is 46.9 Å². The van der Waals surface area contributed by atoms with E-state index in [1.54, 1.807) is 35.6 Å². The minimum absolute atomic E-state index is 0.166. The maximum Gasteiger partial charge on any atom is 0.260 e. The van der Waals surface area contributed by atoms with Crippen molar-refractivity contribution in [1.82, 2.24) is 19.7 Å². The molecule has 0 aliphatic carbocycles. The smallest absolute Gasteiger partial charge is 0.260 e. The van der Waals surface area contributed by atoms with Crippen LogP contribution in [0.4, 0.5) is 0 Å². The number of hydrogen-bond acceptors (Lipinski definition) is 6. The van der Waals surface area contributed by atoms with Gasteiger partial charge in [0.1, 0.15) is 0 Å². The average Bonchev–Trinajstić information content (AvgIpc) is 3.38. The van der Waals surface area contributed by atoms with Gasteiger partial charge in [0.2, 0.25) is 5.91 Å². The summed E-state index contributed by atoms with van der Waals surface area (Å²) in [4.78, 5) is 28.7. The van der Waals surface area contributed by atoms with E-state index >= 15 is 0 Å². The first-order chi connectivity index (χ1) is 14.6. The molecule has 0 bridgehead atoms. The zero-order valence-corrected chi connectivity index (χ0v) is 18.8. The third-order valence-electron chi connectivity index (χ3n) is 5.00. The SMILES string of the molecule is CCn1c(SC2CCCCN(C(=O)c3ccc(Cl)cc3)C2=O)nnc1-c1cccs1. The van der Waals surface area contributed by atoms with Crippen LogP contribution in [0.2, 0.25) is 5.02 Å². The molecule has 2 amide bonds. The van der Waals surface area contributed by atoms with Gasteiger partial charge in [-0.15, -0.1) is 21.5 Å². The van der Waals surface area contributed by atoms with Crippen LogP contribution in [0, 0.1) is 0 Å². The van der Waals surface area contributed by atoms with Gasteiger partial charge in [0, 0.05) is 23.7 Å². The van der Waals surface area contributed by atoms with Gasteiger partial charge in [-0.05, 0) is 55.5 Å². The molecule has 1 aliphatic heterocycles. The number of thiophene rings is 1. The summed E-state index contributed by atoms with van der Waals surface area (Å²) in [6.45, 7) is 3.17. The molecule has 1 unspecified atom stereocenters. The highest BCUT2D eigenvalue weighted by Crippen LogP contribution is 2.33. The predicted octanol–water partition coefficient (Wildman–Crippen LogP) is 4.99. The first-order valence-electron chi connectivity index (χ1n) is 9.83. The number of imide groups is 1. The van der Waals surface area contributed by atoms with Crippen LogP contribution in [0.25, 0.3) is 10.7 Å². The number of carbonyl (C=O) groups is 2. The molecule has 0 spiro atoms. The van der Waals surface area contributed by atoms with Crippen LogP contribution in [-0.2, 0) is 11.3 Å². The molecule has 0 saturated carbocycles. The summed E-state index contributed by atoms with van der Waals surface area (Å²) in [7, 11) is 0. The van der Waals surface area contributed by atoms with E-state index in [-0.39, 0.29) is 17.1 Å². The van der Waals surface area contributed by atoms with Gasteiger partial charge in [-0.3, -0.25) is 14.5 Å². The van der Waals surface area contributed by atoms with E-state index in [0.717, 1.165) is 23.5 Å². The molecule has 0 N–H and O–H groups in total. The molecule has 1 atom stereocenters. The number of aromatic nitrogens is 3. The van der Waals surface area contributed by atoms with Crippen molar-refractivity contribution in [2.75, 3.05) is 6.54 Å². The van der Waals surface area contributed by atoms with E-state index in [4.69, 9.17) is 11.6 Å². The largest absolute Gasteiger partial charge is 0.302 e. The third-order valence-corrected chi connectivity index (χ3v) is 7.35. The second-order valence-corrected chi connectivity index (χ2v) is 9.49. The highest BCUT2D eigenvalue weighted by Gasteiger charge is 2.33. The Balaban J connectivity index is 1.56. The van der Waals surface area contributed by atoms with Crippen LogP contribution < -0.4 is 0 Å². The summed E-state index contributed by atoms with van der Waals surface area (Å²) in [6, 6.07) is 10.6. The van der Waals surface area contributed by atoms with E-state index in [9.17, 15) is 9.59 Å². The Morgan fingerprint density at radius 2 is 2.03 bits per heavy atom. The second kappa shape index (κ2) is 9.32. The molecule has 0 radical (unpaired) electrons. The molecular weight excluding hydrogens is 440 g/mol. The Bertz CT molecular complexity index is 1030. The fourth-order valence-electron chi connectivity index (χ4n) is 3.44. The van der Waals surface area contributed by atoms with Crippen molar-refractivity contribution in [1.29, 1.82) is 0 Å². The van der Waals surface area contributed by atoms with Gasteiger partial charge in [-0.25, -0.2) is 0 Å². The van der Waals surface area contributed by atoms with Crippen LogP contribution in [0.3, 0.4) is 0 Å². The van der Waals surface area contributed by atoms with Gasteiger partial charge in [-0.2, -0.15) is 0 Å². The van der Waals surface area contributed by atoms with Crippen molar-refractivity contribution < 1.29 is 9.59 Å². The van der Waals surface area contributed by atoms with Crippen molar-refractivity contribution in [3.63, 3.8) is 0 Å².